The molecule has 1 aliphatic rings. The maximum atomic E-state index is 12.3. The number of amides is 1. The van der Waals surface area contributed by atoms with Gasteiger partial charge in [0.25, 0.3) is 0 Å². The van der Waals surface area contributed by atoms with Crippen LogP contribution in [0, 0.1) is 6.92 Å². The zero-order chi connectivity index (χ0) is 22.2. The molecule has 1 aromatic carbocycles. The number of benzene rings is 1. The standard InChI is InChI=1S/C23H26ClN3O3S/c1-13-19(14-7-9-29-10-8-14)31-21(26-13)18-12-25-20(27-22(28)30-23(2,3)4)17-11-15(24)5-6-16(17)18/h5-6,11-12,14H,7-10H2,1-4H3,(H,25,27,28). The van der Waals surface area contributed by atoms with Crippen LogP contribution in [0.15, 0.2) is 24.4 Å². The average Bonchev–Trinajstić information content (AvgIpc) is 3.09. The van der Waals surface area contributed by atoms with Crippen LogP contribution in [-0.2, 0) is 9.47 Å². The van der Waals surface area contributed by atoms with Gasteiger partial charge in [-0.2, -0.15) is 0 Å². The normalized spacial score (nSPS) is 15.3. The Bertz CT molecular complexity index is 1120. The Morgan fingerprint density at radius 2 is 2.00 bits per heavy atom. The molecule has 1 fully saturated rings. The van der Waals surface area contributed by atoms with Crippen LogP contribution >= 0.6 is 22.9 Å². The van der Waals surface area contributed by atoms with Gasteiger partial charge in [-0.05, 0) is 64.0 Å². The lowest BCUT2D eigenvalue weighted by Gasteiger charge is -2.21. The first-order chi connectivity index (χ1) is 14.7. The fourth-order valence-electron chi connectivity index (χ4n) is 3.75. The Morgan fingerprint density at radius 3 is 2.71 bits per heavy atom. The fourth-order valence-corrected chi connectivity index (χ4v) is 5.18. The van der Waals surface area contributed by atoms with Crippen molar-refractivity contribution in [3.63, 3.8) is 0 Å². The molecule has 164 valence electrons. The molecule has 1 N–H and O–H groups in total. The number of rotatable bonds is 3. The number of aryl methyl sites for hydroxylation is 1. The fraction of sp³-hybridized carbons (Fsp3) is 0.435. The number of thiazole rings is 1. The van der Waals surface area contributed by atoms with Gasteiger partial charge in [-0.1, -0.05) is 17.7 Å². The molecule has 0 aliphatic carbocycles. The van der Waals surface area contributed by atoms with E-state index in [1.165, 1.54) is 4.88 Å². The first-order valence-corrected chi connectivity index (χ1v) is 11.5. The monoisotopic (exact) mass is 459 g/mol. The highest BCUT2D eigenvalue weighted by Gasteiger charge is 2.23. The average molecular weight is 460 g/mol. The van der Waals surface area contributed by atoms with E-state index >= 15 is 0 Å². The predicted octanol–water partition coefficient (Wildman–Crippen LogP) is 6.56. The van der Waals surface area contributed by atoms with Crippen LogP contribution < -0.4 is 5.32 Å². The zero-order valence-electron chi connectivity index (χ0n) is 18.1. The van der Waals surface area contributed by atoms with Crippen molar-refractivity contribution in [2.24, 2.45) is 0 Å². The van der Waals surface area contributed by atoms with E-state index in [4.69, 9.17) is 26.1 Å². The van der Waals surface area contributed by atoms with E-state index in [0.717, 1.165) is 53.1 Å². The van der Waals surface area contributed by atoms with Crippen LogP contribution in [0.1, 0.15) is 50.1 Å². The molecule has 1 amide bonds. The highest BCUT2D eigenvalue weighted by molar-refractivity contribution is 7.15. The molecule has 0 atom stereocenters. The maximum Gasteiger partial charge on any atom is 0.413 e. The SMILES string of the molecule is Cc1nc(-c2cnc(NC(=O)OC(C)(C)C)c3cc(Cl)ccc23)sc1C1CCOCC1. The van der Waals surface area contributed by atoms with Crippen molar-refractivity contribution < 1.29 is 14.3 Å². The number of nitrogens with one attached hydrogen (secondary N) is 1. The van der Waals surface area contributed by atoms with Crippen molar-refractivity contribution >= 4 is 45.6 Å². The van der Waals surface area contributed by atoms with Crippen molar-refractivity contribution in [2.75, 3.05) is 18.5 Å². The summed E-state index contributed by atoms with van der Waals surface area (Å²) >= 11 is 7.98. The van der Waals surface area contributed by atoms with E-state index in [2.05, 4.69) is 17.2 Å². The Hall–Kier alpha value is -2.22. The summed E-state index contributed by atoms with van der Waals surface area (Å²) in [4.78, 5) is 23.0. The molecule has 0 spiro atoms. The molecular formula is C23H26ClN3O3S. The third-order valence-electron chi connectivity index (χ3n) is 5.12. The number of halogens is 1. The largest absolute Gasteiger partial charge is 0.444 e. The van der Waals surface area contributed by atoms with Crippen molar-refractivity contribution in [1.29, 1.82) is 0 Å². The molecule has 6 nitrogen and oxygen atoms in total. The first-order valence-electron chi connectivity index (χ1n) is 10.3. The van der Waals surface area contributed by atoms with E-state index in [1.807, 2.05) is 32.9 Å². The minimum absolute atomic E-state index is 0.411. The van der Waals surface area contributed by atoms with Gasteiger partial charge in [-0.3, -0.25) is 5.32 Å². The van der Waals surface area contributed by atoms with Crippen molar-refractivity contribution in [1.82, 2.24) is 9.97 Å². The van der Waals surface area contributed by atoms with Crippen LogP contribution in [0.2, 0.25) is 5.02 Å². The highest BCUT2D eigenvalue weighted by atomic mass is 35.5. The van der Waals surface area contributed by atoms with Crippen LogP contribution in [0.5, 0.6) is 0 Å². The van der Waals surface area contributed by atoms with Crippen molar-refractivity contribution in [2.45, 2.75) is 52.1 Å². The number of aromatic nitrogens is 2. The van der Waals surface area contributed by atoms with Gasteiger partial charge in [0, 0.05) is 40.3 Å². The zero-order valence-corrected chi connectivity index (χ0v) is 19.7. The minimum atomic E-state index is -0.601. The molecule has 8 heteroatoms. The number of anilines is 1. The molecule has 4 rings (SSSR count). The summed E-state index contributed by atoms with van der Waals surface area (Å²) in [5, 5.41) is 5.91. The van der Waals surface area contributed by atoms with E-state index in [0.29, 0.717) is 16.8 Å². The lowest BCUT2D eigenvalue weighted by atomic mass is 9.97. The van der Waals surface area contributed by atoms with Gasteiger partial charge in [0.2, 0.25) is 0 Å². The van der Waals surface area contributed by atoms with Gasteiger partial charge in [-0.25, -0.2) is 14.8 Å². The molecule has 1 saturated heterocycles. The molecule has 0 saturated carbocycles. The Kier molecular flexibility index (Phi) is 6.19. The predicted molar refractivity (Wildman–Crippen MR) is 125 cm³/mol. The molecule has 0 unspecified atom stereocenters. The van der Waals surface area contributed by atoms with Gasteiger partial charge in [0.1, 0.15) is 16.4 Å². The molecule has 2 aromatic heterocycles. The smallest absolute Gasteiger partial charge is 0.413 e. The van der Waals surface area contributed by atoms with Crippen LogP contribution in [-0.4, -0.2) is 34.9 Å². The topological polar surface area (TPSA) is 73.3 Å². The molecule has 31 heavy (non-hydrogen) atoms. The number of carbonyl (C=O) groups excluding carboxylic acids is 1. The number of hydrogen-bond donors (Lipinski definition) is 1. The summed E-state index contributed by atoms with van der Waals surface area (Å²) in [6.45, 7) is 9.11. The molecule has 0 radical (unpaired) electrons. The van der Waals surface area contributed by atoms with Gasteiger partial charge < -0.3 is 9.47 Å². The summed E-state index contributed by atoms with van der Waals surface area (Å²) in [6.07, 6.45) is 3.25. The van der Waals surface area contributed by atoms with E-state index in [1.54, 1.807) is 23.6 Å². The van der Waals surface area contributed by atoms with Gasteiger partial charge in [0.05, 0.1) is 5.69 Å². The van der Waals surface area contributed by atoms with E-state index in [-0.39, 0.29) is 0 Å². The second-order valence-electron chi connectivity index (χ2n) is 8.69. The number of fused-ring (bicyclic) bond motifs is 1. The van der Waals surface area contributed by atoms with E-state index < -0.39 is 11.7 Å². The third kappa shape index (κ3) is 5.00. The second-order valence-corrected chi connectivity index (χ2v) is 10.2. The summed E-state index contributed by atoms with van der Waals surface area (Å²) in [7, 11) is 0. The number of hydrogen-bond acceptors (Lipinski definition) is 6. The quantitative estimate of drug-likeness (QED) is 0.480. The molecular weight excluding hydrogens is 434 g/mol. The molecule has 3 aromatic rings. The lowest BCUT2D eigenvalue weighted by molar-refractivity contribution is 0.0635. The number of carbonyl (C=O) groups is 1. The second kappa shape index (κ2) is 8.73. The Morgan fingerprint density at radius 1 is 1.26 bits per heavy atom. The Balaban J connectivity index is 1.72. The third-order valence-corrected chi connectivity index (χ3v) is 6.71. The molecule has 3 heterocycles. The van der Waals surface area contributed by atoms with E-state index in [9.17, 15) is 4.79 Å². The summed E-state index contributed by atoms with van der Waals surface area (Å²) in [6, 6.07) is 5.59. The molecule has 1 aliphatic heterocycles. The van der Waals surface area contributed by atoms with Crippen LogP contribution in [0.25, 0.3) is 21.3 Å². The lowest BCUT2D eigenvalue weighted by Crippen LogP contribution is -2.27. The van der Waals surface area contributed by atoms with Gasteiger partial charge in [0.15, 0.2) is 0 Å². The number of ether oxygens (including phenoxy) is 2. The van der Waals surface area contributed by atoms with Crippen molar-refractivity contribution in [3.8, 4) is 10.6 Å². The summed E-state index contributed by atoms with van der Waals surface area (Å²) < 4.78 is 10.9. The summed E-state index contributed by atoms with van der Waals surface area (Å²) in [5.74, 6) is 0.898. The van der Waals surface area contributed by atoms with Crippen LogP contribution in [0.4, 0.5) is 10.6 Å². The number of nitrogens with zero attached hydrogens (tertiary/aromatic N) is 2. The van der Waals surface area contributed by atoms with Crippen molar-refractivity contribution in [3.05, 3.63) is 40.0 Å². The first kappa shape index (κ1) is 22.0. The van der Waals surface area contributed by atoms with Crippen LogP contribution in [0.3, 0.4) is 0 Å². The maximum absolute atomic E-state index is 12.3. The summed E-state index contributed by atoms with van der Waals surface area (Å²) in [5.41, 5.74) is 1.38. The number of pyridine rings is 1. The highest BCUT2D eigenvalue weighted by Crippen LogP contribution is 2.40. The van der Waals surface area contributed by atoms with Gasteiger partial charge >= 0.3 is 6.09 Å². The Labute approximate surface area is 191 Å². The minimum Gasteiger partial charge on any atom is -0.444 e. The van der Waals surface area contributed by atoms with Gasteiger partial charge in [-0.15, -0.1) is 11.3 Å². The molecule has 0 bridgehead atoms.